The molecule has 4 heterocycles. The molecule has 206 valence electrons. The van der Waals surface area contributed by atoms with Gasteiger partial charge >= 0.3 is 6.18 Å². The molecule has 3 aromatic rings. The Kier molecular flexibility index (Phi) is 7.76. The van der Waals surface area contributed by atoms with Crippen LogP contribution in [-0.2, 0) is 22.4 Å². The number of hydrogen-bond donors (Lipinski definition) is 0. The summed E-state index contributed by atoms with van der Waals surface area (Å²) in [6, 6.07) is 7.15. The molecule has 0 bridgehead atoms. The van der Waals surface area contributed by atoms with Crippen molar-refractivity contribution in [3.63, 3.8) is 0 Å². The molecule has 7 nitrogen and oxygen atoms in total. The van der Waals surface area contributed by atoms with Gasteiger partial charge in [0.1, 0.15) is 17.8 Å². The molecule has 2 aliphatic heterocycles. The van der Waals surface area contributed by atoms with Crippen molar-refractivity contribution >= 4 is 46.2 Å². The maximum Gasteiger partial charge on any atom is 0.421 e. The molecule has 0 N–H and O–H groups in total. The Morgan fingerprint density at radius 3 is 2.64 bits per heavy atom. The molecular weight excluding hydrogens is 576 g/mol. The second-order valence-corrected chi connectivity index (χ2v) is 11.2. The number of carbonyl (C=O) groups excluding carboxylic acids is 1. The highest BCUT2D eigenvalue weighted by Gasteiger charge is 2.35. The van der Waals surface area contributed by atoms with E-state index >= 15 is 0 Å². The summed E-state index contributed by atoms with van der Waals surface area (Å²) in [5.74, 6) is -0.257. The van der Waals surface area contributed by atoms with Crippen LogP contribution in [0.3, 0.4) is 0 Å². The van der Waals surface area contributed by atoms with Gasteiger partial charge in [0.05, 0.1) is 10.7 Å². The number of amides is 1. The standard InChI is InChI=1S/C26H23Cl2F3N4O3S/c1-14-2-4-18(26(29,30)31)25(37)35(14)12-23(36)34-8-6-15(7-9-34)24-32-21(13-39-24)20-11-22(38-33-20)17-10-16(27)3-5-19(17)28/h2-5,10,13,15,22H,6-9,11-12H2,1H3. The number of aryl methyl sites for hydroxylation is 1. The van der Waals surface area contributed by atoms with Crippen LogP contribution >= 0.6 is 34.5 Å². The van der Waals surface area contributed by atoms with Crippen LogP contribution in [0, 0.1) is 6.92 Å². The number of rotatable bonds is 5. The van der Waals surface area contributed by atoms with Crippen LogP contribution in [-0.4, -0.2) is 39.2 Å². The number of benzene rings is 1. The van der Waals surface area contributed by atoms with Gasteiger partial charge < -0.3 is 14.3 Å². The SMILES string of the molecule is Cc1ccc(C(F)(F)F)c(=O)n1CC(=O)N1CCC(c2nc(C3=NOC(c4cc(Cl)ccc4Cl)C3)cs2)CC1. The van der Waals surface area contributed by atoms with Gasteiger partial charge in [-0.15, -0.1) is 11.3 Å². The van der Waals surface area contributed by atoms with E-state index in [4.69, 9.17) is 33.0 Å². The van der Waals surface area contributed by atoms with Crippen molar-refractivity contribution in [1.29, 1.82) is 0 Å². The molecule has 1 unspecified atom stereocenters. The molecule has 1 atom stereocenters. The van der Waals surface area contributed by atoms with E-state index < -0.39 is 23.8 Å². The summed E-state index contributed by atoms with van der Waals surface area (Å²) in [6.07, 6.45) is -3.32. The Hall–Kier alpha value is -2.89. The zero-order valence-corrected chi connectivity index (χ0v) is 23.0. The van der Waals surface area contributed by atoms with Crippen molar-refractivity contribution in [1.82, 2.24) is 14.5 Å². The predicted molar refractivity (Wildman–Crippen MR) is 143 cm³/mol. The van der Waals surface area contributed by atoms with Gasteiger partial charge in [0, 0.05) is 52.1 Å². The number of hydrogen-bond acceptors (Lipinski definition) is 6. The first-order valence-corrected chi connectivity index (χ1v) is 13.8. The van der Waals surface area contributed by atoms with E-state index in [1.807, 2.05) is 5.38 Å². The highest BCUT2D eigenvalue weighted by atomic mass is 35.5. The number of aromatic nitrogens is 2. The van der Waals surface area contributed by atoms with Crippen LogP contribution < -0.4 is 5.56 Å². The minimum Gasteiger partial charge on any atom is -0.387 e. The van der Waals surface area contributed by atoms with Crippen LogP contribution in [0.4, 0.5) is 13.2 Å². The van der Waals surface area contributed by atoms with Gasteiger partial charge in [0.15, 0.2) is 6.10 Å². The normalized spacial score (nSPS) is 18.3. The number of pyridine rings is 1. The van der Waals surface area contributed by atoms with Gasteiger partial charge in [0.25, 0.3) is 5.56 Å². The number of nitrogens with zero attached hydrogens (tertiary/aromatic N) is 4. The van der Waals surface area contributed by atoms with Crippen LogP contribution in [0.5, 0.6) is 0 Å². The monoisotopic (exact) mass is 598 g/mol. The Bertz CT molecular complexity index is 1500. The molecule has 0 spiro atoms. The second-order valence-electron chi connectivity index (χ2n) is 9.51. The van der Waals surface area contributed by atoms with E-state index in [2.05, 4.69) is 5.16 Å². The second kappa shape index (κ2) is 10.9. The van der Waals surface area contributed by atoms with Crippen LogP contribution in [0.15, 0.2) is 45.7 Å². The predicted octanol–water partition coefficient (Wildman–Crippen LogP) is 6.21. The van der Waals surface area contributed by atoms with Crippen molar-refractivity contribution in [3.8, 4) is 0 Å². The number of piperidine rings is 1. The Balaban J connectivity index is 1.19. The maximum atomic E-state index is 13.1. The van der Waals surface area contributed by atoms with Crippen molar-refractivity contribution in [2.75, 3.05) is 13.1 Å². The maximum absolute atomic E-state index is 13.1. The molecule has 1 saturated heterocycles. The first-order chi connectivity index (χ1) is 18.5. The molecule has 0 saturated carbocycles. The molecule has 5 rings (SSSR count). The lowest BCUT2D eigenvalue weighted by Gasteiger charge is -2.31. The number of carbonyl (C=O) groups is 1. The van der Waals surface area contributed by atoms with Gasteiger partial charge in [0.2, 0.25) is 5.91 Å². The number of likely N-dealkylation sites (tertiary alicyclic amines) is 1. The van der Waals surface area contributed by atoms with E-state index in [0.29, 0.717) is 53.8 Å². The number of halogens is 5. The average molecular weight is 599 g/mol. The fraction of sp³-hybridized carbons (Fsp3) is 0.385. The van der Waals surface area contributed by atoms with Crippen LogP contribution in [0.1, 0.15) is 58.8 Å². The summed E-state index contributed by atoms with van der Waals surface area (Å²) in [7, 11) is 0. The van der Waals surface area contributed by atoms with Gasteiger partial charge in [-0.3, -0.25) is 9.59 Å². The molecule has 13 heteroatoms. The van der Waals surface area contributed by atoms with Crippen molar-refractivity contribution in [3.05, 3.63) is 83.6 Å². The van der Waals surface area contributed by atoms with Gasteiger partial charge in [-0.05, 0) is 50.1 Å². The smallest absolute Gasteiger partial charge is 0.387 e. The van der Waals surface area contributed by atoms with E-state index in [1.54, 1.807) is 23.1 Å². The highest BCUT2D eigenvalue weighted by Crippen LogP contribution is 2.37. The molecule has 2 aromatic heterocycles. The lowest BCUT2D eigenvalue weighted by atomic mass is 9.97. The largest absolute Gasteiger partial charge is 0.421 e. The Labute approximate surface area is 235 Å². The van der Waals surface area contributed by atoms with Gasteiger partial charge in [-0.1, -0.05) is 28.4 Å². The molecule has 1 aromatic carbocycles. The topological polar surface area (TPSA) is 76.8 Å². The number of thiazole rings is 1. The first kappa shape index (κ1) is 27.7. The molecule has 39 heavy (non-hydrogen) atoms. The van der Waals surface area contributed by atoms with Gasteiger partial charge in [-0.25, -0.2) is 4.98 Å². The molecule has 2 aliphatic rings. The molecule has 1 amide bonds. The third-order valence-corrected chi connectivity index (χ3v) is 8.57. The molecule has 1 fully saturated rings. The van der Waals surface area contributed by atoms with E-state index in [9.17, 15) is 22.8 Å². The molecule has 0 aliphatic carbocycles. The zero-order valence-electron chi connectivity index (χ0n) is 20.7. The number of alkyl halides is 3. The van der Waals surface area contributed by atoms with E-state index in [1.165, 1.54) is 24.3 Å². The van der Waals surface area contributed by atoms with Crippen molar-refractivity contribution in [2.45, 2.75) is 50.9 Å². The fourth-order valence-corrected chi connectivity index (χ4v) is 6.18. The minimum absolute atomic E-state index is 0.131. The van der Waals surface area contributed by atoms with Crippen molar-refractivity contribution in [2.24, 2.45) is 5.16 Å². The zero-order chi connectivity index (χ0) is 27.9. The Morgan fingerprint density at radius 2 is 1.92 bits per heavy atom. The number of oxime groups is 1. The lowest BCUT2D eigenvalue weighted by Crippen LogP contribution is -2.42. The molecular formula is C26H23Cl2F3N4O3S. The van der Waals surface area contributed by atoms with E-state index in [0.717, 1.165) is 26.9 Å². The molecule has 0 radical (unpaired) electrons. The van der Waals surface area contributed by atoms with E-state index in [-0.39, 0.29) is 17.9 Å². The van der Waals surface area contributed by atoms with Crippen LogP contribution in [0.25, 0.3) is 0 Å². The highest BCUT2D eigenvalue weighted by molar-refractivity contribution is 7.10. The first-order valence-electron chi connectivity index (χ1n) is 12.2. The Morgan fingerprint density at radius 1 is 1.18 bits per heavy atom. The van der Waals surface area contributed by atoms with Crippen LogP contribution in [0.2, 0.25) is 10.0 Å². The summed E-state index contributed by atoms with van der Waals surface area (Å²) in [5, 5.41) is 8.18. The lowest BCUT2D eigenvalue weighted by molar-refractivity contribution is -0.139. The van der Waals surface area contributed by atoms with Crippen molar-refractivity contribution < 1.29 is 22.8 Å². The minimum atomic E-state index is -4.78. The summed E-state index contributed by atoms with van der Waals surface area (Å²) >= 11 is 13.9. The quantitative estimate of drug-likeness (QED) is 0.350. The van der Waals surface area contributed by atoms with Gasteiger partial charge in [-0.2, -0.15) is 13.2 Å². The summed E-state index contributed by atoms with van der Waals surface area (Å²) in [5.41, 5.74) is 0.0167. The third-order valence-electron chi connectivity index (χ3n) is 6.98. The summed E-state index contributed by atoms with van der Waals surface area (Å²) in [6.45, 7) is 1.92. The average Bonchev–Trinajstić information content (AvgIpc) is 3.57. The summed E-state index contributed by atoms with van der Waals surface area (Å²) < 4.78 is 40.3. The summed E-state index contributed by atoms with van der Waals surface area (Å²) in [4.78, 5) is 37.2. The fourth-order valence-electron chi connectivity index (χ4n) is 4.76. The third kappa shape index (κ3) is 5.85.